The number of thioether (sulfide) groups is 1. The van der Waals surface area contributed by atoms with Gasteiger partial charge in [0.2, 0.25) is 0 Å². The average Bonchev–Trinajstić information content (AvgIpc) is 3.05. The van der Waals surface area contributed by atoms with E-state index in [-0.39, 0.29) is 11.8 Å². The molecule has 0 bridgehead atoms. The molecular weight excluding hydrogens is 528 g/mol. The number of carbonyl (C=O) groups excluding carboxylic acids is 3. The van der Waals surface area contributed by atoms with Crippen molar-refractivity contribution in [2.45, 2.75) is 63.6 Å². The van der Waals surface area contributed by atoms with Gasteiger partial charge in [-0.05, 0) is 63.1 Å². The van der Waals surface area contributed by atoms with Crippen LogP contribution in [0.5, 0.6) is 0 Å². The van der Waals surface area contributed by atoms with Crippen LogP contribution in [0.15, 0.2) is 47.4 Å². The van der Waals surface area contributed by atoms with Crippen molar-refractivity contribution in [2.24, 2.45) is 0 Å². The number of hydrogen-bond acceptors (Lipinski definition) is 7. The molecule has 0 radical (unpaired) electrons. The Morgan fingerprint density at radius 2 is 1.82 bits per heavy atom. The molecule has 0 aliphatic carbocycles. The van der Waals surface area contributed by atoms with Crippen molar-refractivity contribution in [1.82, 2.24) is 10.6 Å². The van der Waals surface area contributed by atoms with E-state index in [2.05, 4.69) is 34.6 Å². The predicted octanol–water partition coefficient (Wildman–Crippen LogP) is 4.59. The Balaban J connectivity index is 1.61. The second-order valence-corrected chi connectivity index (χ2v) is 12.1. The first-order valence-corrected chi connectivity index (χ1v) is 14.9. The van der Waals surface area contributed by atoms with Gasteiger partial charge in [0.25, 0.3) is 11.8 Å². The van der Waals surface area contributed by atoms with Gasteiger partial charge in [-0.25, -0.2) is 4.79 Å². The highest BCUT2D eigenvalue weighted by Gasteiger charge is 2.33. The first-order chi connectivity index (χ1) is 19.1. The number of morpholine rings is 1. The topological polar surface area (TPSA) is 100 Å². The summed E-state index contributed by atoms with van der Waals surface area (Å²) in [6.07, 6.45) is 1.25. The predicted molar refractivity (Wildman–Crippen MR) is 158 cm³/mol. The Hall–Kier alpha value is -3.24. The maximum atomic E-state index is 13.9. The third-order valence-corrected chi connectivity index (χ3v) is 7.80. The smallest absolute Gasteiger partial charge is 0.408 e. The quantitative estimate of drug-likeness (QED) is 0.450. The summed E-state index contributed by atoms with van der Waals surface area (Å²) in [7, 11) is 0. The summed E-state index contributed by atoms with van der Waals surface area (Å²) in [6, 6.07) is 12.8. The Labute approximate surface area is 240 Å². The second kappa shape index (κ2) is 13.4. The van der Waals surface area contributed by atoms with Gasteiger partial charge in [0, 0.05) is 41.5 Å². The molecule has 3 amide bonds. The van der Waals surface area contributed by atoms with Crippen LogP contribution in [0.3, 0.4) is 0 Å². The molecule has 10 heteroatoms. The fraction of sp³-hybridized carbons (Fsp3) is 0.500. The number of ether oxygens (including phenoxy) is 2. The van der Waals surface area contributed by atoms with E-state index in [0.29, 0.717) is 43.3 Å². The van der Waals surface area contributed by atoms with E-state index in [1.807, 2.05) is 18.2 Å². The fourth-order valence-corrected chi connectivity index (χ4v) is 5.61. The molecule has 40 heavy (non-hydrogen) atoms. The van der Waals surface area contributed by atoms with Crippen molar-refractivity contribution in [3.05, 3.63) is 53.6 Å². The monoisotopic (exact) mass is 568 g/mol. The molecular formula is C30H40N4O5S. The highest BCUT2D eigenvalue weighted by molar-refractivity contribution is 7.99. The summed E-state index contributed by atoms with van der Waals surface area (Å²) in [4.78, 5) is 44.2. The van der Waals surface area contributed by atoms with Gasteiger partial charge in [0.05, 0.1) is 25.4 Å². The summed E-state index contributed by atoms with van der Waals surface area (Å²) in [5.41, 5.74) is 2.52. The Kier molecular flexibility index (Phi) is 9.97. The number of anilines is 2. The molecule has 216 valence electrons. The van der Waals surface area contributed by atoms with Gasteiger partial charge in [0.15, 0.2) is 0 Å². The second-order valence-electron chi connectivity index (χ2n) is 11.0. The largest absolute Gasteiger partial charge is 0.444 e. The van der Waals surface area contributed by atoms with E-state index in [9.17, 15) is 14.4 Å². The SMILES string of the molecule is CCCCNC(=O)c1ccc2c(c1)N(Cc1ccc(N3CCOCC3)cc1)C(=O)[C@@H](NC(=O)OC(C)(C)C)CS2. The van der Waals surface area contributed by atoms with E-state index < -0.39 is 17.7 Å². The molecule has 2 N–H and O–H groups in total. The van der Waals surface area contributed by atoms with Gasteiger partial charge < -0.3 is 29.9 Å². The summed E-state index contributed by atoms with van der Waals surface area (Å²) in [5.74, 6) is -0.0753. The average molecular weight is 569 g/mol. The Bertz CT molecular complexity index is 1190. The first-order valence-electron chi connectivity index (χ1n) is 13.9. The van der Waals surface area contributed by atoms with E-state index in [4.69, 9.17) is 9.47 Å². The number of nitrogens with one attached hydrogen (secondary N) is 2. The molecule has 2 heterocycles. The molecule has 1 saturated heterocycles. The first kappa shape index (κ1) is 29.7. The number of unbranched alkanes of at least 4 members (excludes halogenated alkanes) is 1. The molecule has 2 aliphatic heterocycles. The van der Waals surface area contributed by atoms with Crippen LogP contribution in [0.25, 0.3) is 0 Å². The molecule has 0 spiro atoms. The molecule has 0 unspecified atom stereocenters. The fourth-order valence-electron chi connectivity index (χ4n) is 4.56. The minimum Gasteiger partial charge on any atom is -0.444 e. The zero-order valence-corrected chi connectivity index (χ0v) is 24.6. The molecule has 1 fully saturated rings. The number of carbonyl (C=O) groups is 3. The zero-order valence-electron chi connectivity index (χ0n) is 23.8. The Morgan fingerprint density at radius 3 is 2.50 bits per heavy atom. The van der Waals surface area contributed by atoms with Crippen LogP contribution in [-0.2, 0) is 20.8 Å². The molecule has 2 aromatic carbocycles. The standard InChI is InChI=1S/C30H40N4O5S/c1-5-6-13-31-27(35)22-9-12-26-25(18-22)34(28(36)24(20-40-26)32-29(37)39-30(2,3)4)19-21-7-10-23(11-8-21)33-14-16-38-17-15-33/h7-12,18,24H,5-6,13-17,19-20H2,1-4H3,(H,31,35)(H,32,37)/t24-/m0/s1. The number of amides is 3. The van der Waals surface area contributed by atoms with Crippen LogP contribution in [0.2, 0.25) is 0 Å². The van der Waals surface area contributed by atoms with E-state index in [1.165, 1.54) is 11.8 Å². The van der Waals surface area contributed by atoms with E-state index in [0.717, 1.165) is 42.1 Å². The molecule has 4 rings (SSSR count). The zero-order chi connectivity index (χ0) is 28.7. The third-order valence-electron chi connectivity index (χ3n) is 6.64. The number of rotatable bonds is 8. The summed E-state index contributed by atoms with van der Waals surface area (Å²) in [5, 5.41) is 5.72. The van der Waals surface area contributed by atoms with E-state index >= 15 is 0 Å². The van der Waals surface area contributed by atoms with Crippen LogP contribution in [0.1, 0.15) is 56.5 Å². The summed E-state index contributed by atoms with van der Waals surface area (Å²) >= 11 is 1.48. The summed E-state index contributed by atoms with van der Waals surface area (Å²) < 4.78 is 10.9. The van der Waals surface area contributed by atoms with Gasteiger partial charge in [-0.3, -0.25) is 9.59 Å². The minimum absolute atomic E-state index is 0.170. The molecule has 9 nitrogen and oxygen atoms in total. The normalized spacial score (nSPS) is 17.6. The maximum absolute atomic E-state index is 13.9. The molecule has 1 atom stereocenters. The van der Waals surface area contributed by atoms with Crippen molar-refractivity contribution in [3.8, 4) is 0 Å². The lowest BCUT2D eigenvalue weighted by Crippen LogP contribution is -2.50. The summed E-state index contributed by atoms with van der Waals surface area (Å²) in [6.45, 7) is 11.4. The van der Waals surface area contributed by atoms with Gasteiger partial charge in [0.1, 0.15) is 11.6 Å². The molecule has 2 aliphatic rings. The number of alkyl carbamates (subject to hydrolysis) is 1. The number of benzene rings is 2. The Morgan fingerprint density at radius 1 is 1.10 bits per heavy atom. The lowest BCUT2D eigenvalue weighted by molar-refractivity contribution is -0.120. The highest BCUT2D eigenvalue weighted by atomic mass is 32.2. The van der Waals surface area contributed by atoms with Gasteiger partial charge in [-0.2, -0.15) is 0 Å². The van der Waals surface area contributed by atoms with Gasteiger partial charge >= 0.3 is 6.09 Å². The van der Waals surface area contributed by atoms with Crippen molar-refractivity contribution in [2.75, 3.05) is 48.4 Å². The highest BCUT2D eigenvalue weighted by Crippen LogP contribution is 2.36. The maximum Gasteiger partial charge on any atom is 0.408 e. The lowest BCUT2D eigenvalue weighted by Gasteiger charge is -2.29. The lowest BCUT2D eigenvalue weighted by atomic mass is 10.1. The van der Waals surface area contributed by atoms with Crippen molar-refractivity contribution >= 4 is 41.0 Å². The number of fused-ring (bicyclic) bond motifs is 1. The van der Waals surface area contributed by atoms with Crippen LogP contribution < -0.4 is 20.4 Å². The number of hydrogen-bond donors (Lipinski definition) is 2. The van der Waals surface area contributed by atoms with Crippen molar-refractivity contribution in [3.63, 3.8) is 0 Å². The molecule has 2 aromatic rings. The third kappa shape index (κ3) is 7.91. The van der Waals surface area contributed by atoms with E-state index in [1.54, 1.807) is 37.8 Å². The van der Waals surface area contributed by atoms with Crippen LogP contribution in [0, 0.1) is 0 Å². The molecule has 0 aromatic heterocycles. The van der Waals surface area contributed by atoms with Crippen LogP contribution in [-0.4, -0.2) is 68.2 Å². The van der Waals surface area contributed by atoms with Crippen LogP contribution in [0.4, 0.5) is 16.2 Å². The van der Waals surface area contributed by atoms with Gasteiger partial charge in [-0.15, -0.1) is 11.8 Å². The van der Waals surface area contributed by atoms with Crippen molar-refractivity contribution in [1.29, 1.82) is 0 Å². The number of nitrogens with zero attached hydrogens (tertiary/aromatic N) is 2. The van der Waals surface area contributed by atoms with Crippen LogP contribution >= 0.6 is 11.8 Å². The van der Waals surface area contributed by atoms with Gasteiger partial charge in [-0.1, -0.05) is 25.5 Å². The minimum atomic E-state index is -0.790. The van der Waals surface area contributed by atoms with Crippen molar-refractivity contribution < 1.29 is 23.9 Å². The molecule has 0 saturated carbocycles.